The number of benzene rings is 1. The normalized spacial score (nSPS) is 18.5. The number of methoxy groups -OCH3 is 1. The Labute approximate surface area is 145 Å². The van der Waals surface area contributed by atoms with Crippen molar-refractivity contribution in [3.8, 4) is 11.5 Å². The molecule has 2 unspecified atom stereocenters. The number of hydrogen-bond acceptors (Lipinski definition) is 4. The first-order chi connectivity index (χ1) is 11.5. The minimum absolute atomic E-state index is 0.0630. The molecule has 1 aliphatic heterocycles. The molecular formula is C19H30N2O3. The second-order valence-corrected chi connectivity index (χ2v) is 6.90. The quantitative estimate of drug-likeness (QED) is 0.767. The van der Waals surface area contributed by atoms with Gasteiger partial charge in [-0.05, 0) is 49.9 Å². The SMILES string of the molecule is COc1cc(C(C)NC(=O)CC2CCCN2)ccc1OCC(C)C. The number of amides is 1. The van der Waals surface area contributed by atoms with Crippen molar-refractivity contribution in [1.29, 1.82) is 0 Å². The smallest absolute Gasteiger partial charge is 0.222 e. The van der Waals surface area contributed by atoms with E-state index >= 15 is 0 Å². The lowest BCUT2D eigenvalue weighted by Crippen LogP contribution is -2.33. The topological polar surface area (TPSA) is 59.6 Å². The Morgan fingerprint density at radius 1 is 1.33 bits per heavy atom. The first-order valence-electron chi connectivity index (χ1n) is 8.83. The highest BCUT2D eigenvalue weighted by Crippen LogP contribution is 2.30. The van der Waals surface area contributed by atoms with Gasteiger partial charge in [-0.15, -0.1) is 0 Å². The second kappa shape index (κ2) is 8.92. The van der Waals surface area contributed by atoms with Gasteiger partial charge in [0.2, 0.25) is 5.91 Å². The van der Waals surface area contributed by atoms with Gasteiger partial charge in [-0.3, -0.25) is 4.79 Å². The van der Waals surface area contributed by atoms with E-state index in [4.69, 9.17) is 9.47 Å². The van der Waals surface area contributed by atoms with Gasteiger partial charge in [0, 0.05) is 12.5 Å². The summed E-state index contributed by atoms with van der Waals surface area (Å²) in [5.41, 5.74) is 1.01. The summed E-state index contributed by atoms with van der Waals surface area (Å²) in [5.74, 6) is 1.98. The summed E-state index contributed by atoms with van der Waals surface area (Å²) in [6.07, 6.45) is 2.77. The summed E-state index contributed by atoms with van der Waals surface area (Å²) in [7, 11) is 1.64. The van der Waals surface area contributed by atoms with Crippen molar-refractivity contribution in [1.82, 2.24) is 10.6 Å². The monoisotopic (exact) mass is 334 g/mol. The van der Waals surface area contributed by atoms with Crippen molar-refractivity contribution in [3.05, 3.63) is 23.8 Å². The fraction of sp³-hybridized carbons (Fsp3) is 0.632. The van der Waals surface area contributed by atoms with Crippen molar-refractivity contribution >= 4 is 5.91 Å². The molecule has 1 aromatic rings. The summed E-state index contributed by atoms with van der Waals surface area (Å²) in [6.45, 7) is 7.87. The molecule has 1 heterocycles. The van der Waals surface area contributed by atoms with Crippen LogP contribution < -0.4 is 20.1 Å². The van der Waals surface area contributed by atoms with Gasteiger partial charge in [0.15, 0.2) is 11.5 Å². The predicted octanol–water partition coefficient (Wildman–Crippen LogP) is 3.05. The third-order valence-electron chi connectivity index (χ3n) is 4.23. The summed E-state index contributed by atoms with van der Waals surface area (Å²) in [5, 5.41) is 6.42. The Morgan fingerprint density at radius 3 is 2.75 bits per heavy atom. The number of rotatable bonds is 8. The number of carbonyl (C=O) groups excluding carboxylic acids is 1. The summed E-state index contributed by atoms with van der Waals surface area (Å²) >= 11 is 0. The Morgan fingerprint density at radius 2 is 2.12 bits per heavy atom. The van der Waals surface area contributed by atoms with Crippen LogP contribution in [-0.2, 0) is 4.79 Å². The maximum atomic E-state index is 12.2. The van der Waals surface area contributed by atoms with Gasteiger partial charge < -0.3 is 20.1 Å². The van der Waals surface area contributed by atoms with Crippen LogP contribution in [0.2, 0.25) is 0 Å². The molecule has 1 fully saturated rings. The Kier molecular flexibility index (Phi) is 6.91. The molecule has 0 spiro atoms. The molecular weight excluding hydrogens is 304 g/mol. The van der Waals surface area contributed by atoms with E-state index in [0.29, 0.717) is 30.7 Å². The maximum absolute atomic E-state index is 12.2. The van der Waals surface area contributed by atoms with Gasteiger partial charge in [0.1, 0.15) is 0 Å². The molecule has 24 heavy (non-hydrogen) atoms. The number of nitrogens with one attached hydrogen (secondary N) is 2. The number of ether oxygens (including phenoxy) is 2. The van der Waals surface area contributed by atoms with E-state index in [0.717, 1.165) is 30.7 Å². The minimum Gasteiger partial charge on any atom is -0.493 e. The largest absolute Gasteiger partial charge is 0.493 e. The van der Waals surface area contributed by atoms with Crippen LogP contribution in [0.1, 0.15) is 51.6 Å². The van der Waals surface area contributed by atoms with Gasteiger partial charge in [0.05, 0.1) is 19.8 Å². The molecule has 5 heteroatoms. The van der Waals surface area contributed by atoms with E-state index in [1.807, 2.05) is 25.1 Å². The molecule has 0 saturated carbocycles. The van der Waals surface area contributed by atoms with Gasteiger partial charge in [-0.2, -0.15) is 0 Å². The standard InChI is InChI=1S/C19H30N2O3/c1-13(2)12-24-17-8-7-15(10-18(17)23-4)14(3)21-19(22)11-16-6-5-9-20-16/h7-8,10,13-14,16,20H,5-6,9,11-12H2,1-4H3,(H,21,22). The fourth-order valence-electron chi connectivity index (χ4n) is 2.87. The van der Waals surface area contributed by atoms with Gasteiger partial charge in [-0.25, -0.2) is 0 Å². The van der Waals surface area contributed by atoms with E-state index in [2.05, 4.69) is 24.5 Å². The molecule has 134 valence electrons. The lowest BCUT2D eigenvalue weighted by molar-refractivity contribution is -0.122. The van der Waals surface area contributed by atoms with Crippen molar-refractivity contribution < 1.29 is 14.3 Å². The highest BCUT2D eigenvalue weighted by molar-refractivity contribution is 5.77. The molecule has 0 bridgehead atoms. The highest BCUT2D eigenvalue weighted by Gasteiger charge is 2.19. The molecule has 1 amide bonds. The van der Waals surface area contributed by atoms with Crippen LogP contribution >= 0.6 is 0 Å². The van der Waals surface area contributed by atoms with Crippen LogP contribution in [-0.4, -0.2) is 32.2 Å². The molecule has 1 saturated heterocycles. The predicted molar refractivity (Wildman–Crippen MR) is 95.5 cm³/mol. The molecule has 1 aromatic carbocycles. The van der Waals surface area contributed by atoms with Crippen molar-refractivity contribution in [3.63, 3.8) is 0 Å². The van der Waals surface area contributed by atoms with Crippen LogP contribution in [0.5, 0.6) is 11.5 Å². The zero-order valence-corrected chi connectivity index (χ0v) is 15.2. The van der Waals surface area contributed by atoms with Crippen molar-refractivity contribution in [2.45, 2.75) is 52.1 Å². The number of hydrogen-bond donors (Lipinski definition) is 2. The zero-order valence-electron chi connectivity index (χ0n) is 15.2. The van der Waals surface area contributed by atoms with Crippen LogP contribution in [0.25, 0.3) is 0 Å². The van der Waals surface area contributed by atoms with E-state index in [-0.39, 0.29) is 11.9 Å². The third-order valence-corrected chi connectivity index (χ3v) is 4.23. The van der Waals surface area contributed by atoms with E-state index in [1.54, 1.807) is 7.11 Å². The van der Waals surface area contributed by atoms with Gasteiger partial charge in [0.25, 0.3) is 0 Å². The minimum atomic E-state index is -0.0630. The van der Waals surface area contributed by atoms with Gasteiger partial charge in [-0.1, -0.05) is 19.9 Å². The van der Waals surface area contributed by atoms with Gasteiger partial charge >= 0.3 is 0 Å². The Hall–Kier alpha value is -1.75. The molecule has 2 N–H and O–H groups in total. The lowest BCUT2D eigenvalue weighted by atomic mass is 10.1. The molecule has 0 aliphatic carbocycles. The summed E-state index contributed by atoms with van der Waals surface area (Å²) in [4.78, 5) is 12.2. The molecule has 5 nitrogen and oxygen atoms in total. The third kappa shape index (κ3) is 5.41. The first-order valence-corrected chi connectivity index (χ1v) is 8.83. The Bertz CT molecular complexity index is 539. The van der Waals surface area contributed by atoms with E-state index < -0.39 is 0 Å². The van der Waals surface area contributed by atoms with E-state index in [1.165, 1.54) is 0 Å². The average Bonchev–Trinajstić information content (AvgIpc) is 3.05. The molecule has 0 radical (unpaired) electrons. The van der Waals surface area contributed by atoms with Crippen molar-refractivity contribution in [2.24, 2.45) is 5.92 Å². The second-order valence-electron chi connectivity index (χ2n) is 6.90. The zero-order chi connectivity index (χ0) is 17.5. The summed E-state index contributed by atoms with van der Waals surface area (Å²) in [6, 6.07) is 6.09. The van der Waals surface area contributed by atoms with Crippen LogP contribution in [0.4, 0.5) is 0 Å². The molecule has 2 rings (SSSR count). The van der Waals surface area contributed by atoms with Crippen LogP contribution in [0.3, 0.4) is 0 Å². The van der Waals surface area contributed by atoms with Crippen LogP contribution in [0.15, 0.2) is 18.2 Å². The number of carbonyl (C=O) groups is 1. The van der Waals surface area contributed by atoms with Crippen molar-refractivity contribution in [2.75, 3.05) is 20.3 Å². The maximum Gasteiger partial charge on any atom is 0.222 e. The molecule has 0 aromatic heterocycles. The average molecular weight is 334 g/mol. The fourth-order valence-corrected chi connectivity index (χ4v) is 2.87. The molecule has 2 atom stereocenters. The molecule has 1 aliphatic rings. The van der Waals surface area contributed by atoms with E-state index in [9.17, 15) is 4.79 Å². The highest BCUT2D eigenvalue weighted by atomic mass is 16.5. The Balaban J connectivity index is 1.95. The lowest BCUT2D eigenvalue weighted by Gasteiger charge is -2.18. The van der Waals surface area contributed by atoms with Crippen LogP contribution in [0, 0.1) is 5.92 Å². The first kappa shape index (κ1) is 18.6. The summed E-state index contributed by atoms with van der Waals surface area (Å²) < 4.78 is 11.2.